The van der Waals surface area contributed by atoms with E-state index in [1.807, 2.05) is 0 Å². The van der Waals surface area contributed by atoms with Crippen LogP contribution < -0.4 is 5.32 Å². The Morgan fingerprint density at radius 1 is 1.26 bits per heavy atom. The maximum atomic E-state index is 11.9. The predicted molar refractivity (Wildman–Crippen MR) is 77.0 cm³/mol. The van der Waals surface area contributed by atoms with Crippen LogP contribution in [0.25, 0.3) is 0 Å². The number of ether oxygens (including phenoxy) is 1. The molecule has 1 fully saturated rings. The third-order valence-corrected chi connectivity index (χ3v) is 3.62. The smallest absolute Gasteiger partial charge is 0.225 e. The van der Waals surface area contributed by atoms with Crippen LogP contribution in [0.5, 0.6) is 0 Å². The number of hydrogen-bond acceptors (Lipinski definition) is 3. The van der Waals surface area contributed by atoms with E-state index < -0.39 is 0 Å². The summed E-state index contributed by atoms with van der Waals surface area (Å²) < 4.78 is 5.26. The Hall–Kier alpha value is -0.810. The molecule has 0 spiro atoms. The molecular formula is C13H16Cl2N2O2. The molecule has 1 heterocycles. The molecule has 1 aliphatic rings. The van der Waals surface area contributed by atoms with Crippen molar-refractivity contribution in [2.45, 2.75) is 6.42 Å². The van der Waals surface area contributed by atoms with Gasteiger partial charge in [-0.2, -0.15) is 0 Å². The van der Waals surface area contributed by atoms with Crippen molar-refractivity contribution in [1.82, 2.24) is 4.90 Å². The third-order valence-electron chi connectivity index (χ3n) is 2.99. The normalized spacial score (nSPS) is 16.3. The first kappa shape index (κ1) is 14.6. The zero-order valence-corrected chi connectivity index (χ0v) is 12.0. The van der Waals surface area contributed by atoms with E-state index in [-0.39, 0.29) is 5.91 Å². The lowest BCUT2D eigenvalue weighted by Gasteiger charge is -2.26. The minimum atomic E-state index is -0.0820. The Labute approximate surface area is 122 Å². The van der Waals surface area contributed by atoms with Crippen molar-refractivity contribution in [3.63, 3.8) is 0 Å². The second kappa shape index (κ2) is 7.10. The summed E-state index contributed by atoms with van der Waals surface area (Å²) in [6.45, 7) is 3.94. The van der Waals surface area contributed by atoms with Crippen molar-refractivity contribution in [2.75, 3.05) is 38.2 Å². The zero-order chi connectivity index (χ0) is 13.7. The Morgan fingerprint density at radius 2 is 1.89 bits per heavy atom. The van der Waals surface area contributed by atoms with Crippen molar-refractivity contribution < 1.29 is 9.53 Å². The second-order valence-corrected chi connectivity index (χ2v) is 5.16. The van der Waals surface area contributed by atoms with Gasteiger partial charge in [-0.05, 0) is 12.1 Å². The number of amides is 1. The zero-order valence-electron chi connectivity index (χ0n) is 10.5. The molecule has 2 rings (SSSR count). The highest BCUT2D eigenvalue weighted by Gasteiger charge is 2.13. The summed E-state index contributed by atoms with van der Waals surface area (Å²) in [6.07, 6.45) is 0.418. The molecule has 0 atom stereocenters. The first-order valence-corrected chi connectivity index (χ1v) is 6.96. The lowest BCUT2D eigenvalue weighted by atomic mass is 10.3. The Morgan fingerprint density at radius 3 is 2.53 bits per heavy atom. The maximum Gasteiger partial charge on any atom is 0.225 e. The van der Waals surface area contributed by atoms with Crippen LogP contribution in [0.1, 0.15) is 6.42 Å². The molecule has 1 aromatic rings. The van der Waals surface area contributed by atoms with Crippen LogP contribution in [-0.4, -0.2) is 43.7 Å². The van der Waals surface area contributed by atoms with E-state index in [9.17, 15) is 4.79 Å². The highest BCUT2D eigenvalue weighted by molar-refractivity contribution is 6.39. The quantitative estimate of drug-likeness (QED) is 0.930. The van der Waals surface area contributed by atoms with E-state index in [0.29, 0.717) is 22.2 Å². The van der Waals surface area contributed by atoms with Crippen molar-refractivity contribution in [3.8, 4) is 0 Å². The number of carbonyl (C=O) groups is 1. The summed E-state index contributed by atoms with van der Waals surface area (Å²) in [7, 11) is 0. The van der Waals surface area contributed by atoms with Crippen LogP contribution in [0, 0.1) is 0 Å². The van der Waals surface area contributed by atoms with Crippen molar-refractivity contribution in [3.05, 3.63) is 28.2 Å². The highest BCUT2D eigenvalue weighted by atomic mass is 35.5. The van der Waals surface area contributed by atoms with E-state index in [1.165, 1.54) is 0 Å². The third kappa shape index (κ3) is 4.35. The van der Waals surface area contributed by atoms with Gasteiger partial charge in [-0.1, -0.05) is 29.3 Å². The molecule has 1 amide bonds. The lowest BCUT2D eigenvalue weighted by Crippen LogP contribution is -2.38. The Bertz CT molecular complexity index is 428. The fourth-order valence-electron chi connectivity index (χ4n) is 1.90. The van der Waals surface area contributed by atoms with E-state index in [4.69, 9.17) is 27.9 Å². The number of para-hydroxylation sites is 1. The molecule has 1 N–H and O–H groups in total. The lowest BCUT2D eigenvalue weighted by molar-refractivity contribution is -0.116. The van der Waals surface area contributed by atoms with Gasteiger partial charge in [-0.25, -0.2) is 0 Å². The predicted octanol–water partition coefficient (Wildman–Crippen LogP) is 2.65. The second-order valence-electron chi connectivity index (χ2n) is 4.35. The van der Waals surface area contributed by atoms with Crippen LogP contribution in [0.2, 0.25) is 10.0 Å². The molecule has 0 aliphatic carbocycles. The molecule has 6 heteroatoms. The fraction of sp³-hybridized carbons (Fsp3) is 0.462. The van der Waals surface area contributed by atoms with Crippen LogP contribution >= 0.6 is 23.2 Å². The van der Waals surface area contributed by atoms with Gasteiger partial charge in [0.05, 0.1) is 28.9 Å². The van der Waals surface area contributed by atoms with Crippen molar-refractivity contribution >= 4 is 34.8 Å². The van der Waals surface area contributed by atoms with E-state index >= 15 is 0 Å². The minimum Gasteiger partial charge on any atom is -0.379 e. The minimum absolute atomic E-state index is 0.0820. The van der Waals surface area contributed by atoms with E-state index in [0.717, 1.165) is 32.8 Å². The Balaban J connectivity index is 1.83. The van der Waals surface area contributed by atoms with Crippen molar-refractivity contribution in [1.29, 1.82) is 0 Å². The number of hydrogen-bond donors (Lipinski definition) is 1. The van der Waals surface area contributed by atoms with Gasteiger partial charge < -0.3 is 10.1 Å². The molecule has 0 saturated carbocycles. The SMILES string of the molecule is O=C(CCN1CCOCC1)Nc1c(Cl)cccc1Cl. The largest absolute Gasteiger partial charge is 0.379 e. The molecule has 19 heavy (non-hydrogen) atoms. The number of rotatable bonds is 4. The molecule has 0 bridgehead atoms. The van der Waals surface area contributed by atoms with Gasteiger partial charge in [0, 0.05) is 26.1 Å². The number of nitrogens with zero attached hydrogens (tertiary/aromatic N) is 1. The van der Waals surface area contributed by atoms with E-state index in [1.54, 1.807) is 18.2 Å². The summed E-state index contributed by atoms with van der Waals surface area (Å²) in [5.41, 5.74) is 0.484. The average molecular weight is 303 g/mol. The summed E-state index contributed by atoms with van der Waals surface area (Å²) in [5.74, 6) is -0.0820. The van der Waals surface area contributed by atoms with Crippen LogP contribution in [-0.2, 0) is 9.53 Å². The maximum absolute atomic E-state index is 11.9. The van der Waals surface area contributed by atoms with Crippen LogP contribution in [0.15, 0.2) is 18.2 Å². The van der Waals surface area contributed by atoms with Gasteiger partial charge in [0.1, 0.15) is 0 Å². The average Bonchev–Trinajstić information content (AvgIpc) is 2.42. The monoisotopic (exact) mass is 302 g/mol. The standard InChI is InChI=1S/C13H16Cl2N2O2/c14-10-2-1-3-11(15)13(10)16-12(18)4-5-17-6-8-19-9-7-17/h1-3H,4-9H2,(H,16,18). The first-order chi connectivity index (χ1) is 9.16. The summed E-state index contributed by atoms with van der Waals surface area (Å²) >= 11 is 12.0. The molecule has 4 nitrogen and oxygen atoms in total. The number of anilines is 1. The molecule has 0 radical (unpaired) electrons. The first-order valence-electron chi connectivity index (χ1n) is 6.21. The van der Waals surface area contributed by atoms with Gasteiger partial charge in [0.2, 0.25) is 5.91 Å². The summed E-state index contributed by atoms with van der Waals surface area (Å²) in [5, 5.41) is 3.66. The summed E-state index contributed by atoms with van der Waals surface area (Å²) in [4.78, 5) is 14.1. The molecule has 1 aliphatic heterocycles. The number of nitrogens with one attached hydrogen (secondary N) is 1. The Kier molecular flexibility index (Phi) is 5.45. The topological polar surface area (TPSA) is 41.6 Å². The number of carbonyl (C=O) groups excluding carboxylic acids is 1. The molecule has 0 aromatic heterocycles. The van der Waals surface area contributed by atoms with Gasteiger partial charge >= 0.3 is 0 Å². The number of halogens is 2. The fourth-order valence-corrected chi connectivity index (χ4v) is 2.40. The number of benzene rings is 1. The molecular weight excluding hydrogens is 287 g/mol. The highest BCUT2D eigenvalue weighted by Crippen LogP contribution is 2.29. The molecule has 1 aromatic carbocycles. The van der Waals surface area contributed by atoms with Crippen LogP contribution in [0.4, 0.5) is 5.69 Å². The molecule has 1 saturated heterocycles. The summed E-state index contributed by atoms with van der Waals surface area (Å²) in [6, 6.07) is 5.14. The van der Waals surface area contributed by atoms with Crippen molar-refractivity contribution in [2.24, 2.45) is 0 Å². The molecule has 0 unspecified atom stereocenters. The van der Waals surface area contributed by atoms with Gasteiger partial charge in [0.25, 0.3) is 0 Å². The number of morpholine rings is 1. The van der Waals surface area contributed by atoms with E-state index in [2.05, 4.69) is 10.2 Å². The van der Waals surface area contributed by atoms with Gasteiger partial charge in [-0.3, -0.25) is 9.69 Å². The van der Waals surface area contributed by atoms with Gasteiger partial charge in [0.15, 0.2) is 0 Å². The van der Waals surface area contributed by atoms with Gasteiger partial charge in [-0.15, -0.1) is 0 Å². The molecule has 104 valence electrons. The van der Waals surface area contributed by atoms with Crippen LogP contribution in [0.3, 0.4) is 0 Å².